The molecule has 0 amide bonds. The van der Waals surface area contributed by atoms with Gasteiger partial charge in [-0.1, -0.05) is 40.2 Å². The zero-order valence-electron chi connectivity index (χ0n) is 9.75. The molecule has 0 fully saturated rings. The Balaban J connectivity index is 2.44. The quantitative estimate of drug-likeness (QED) is 0.811. The summed E-state index contributed by atoms with van der Waals surface area (Å²) < 4.78 is 15.4. The van der Waals surface area contributed by atoms with Crippen LogP contribution in [0.5, 0.6) is 0 Å². The topological polar surface area (TPSA) is 26.0 Å². The molecule has 2 aromatic rings. The summed E-state index contributed by atoms with van der Waals surface area (Å²) in [5.74, 6) is -0.304. The van der Waals surface area contributed by atoms with Crippen molar-refractivity contribution in [2.75, 3.05) is 0 Å². The molecule has 2 rings (SSSR count). The van der Waals surface area contributed by atoms with Crippen LogP contribution in [0.1, 0.15) is 22.7 Å². The number of benzene rings is 2. The second-order valence-corrected chi connectivity index (χ2v) is 5.84. The monoisotopic (exact) mass is 371 g/mol. The summed E-state index contributed by atoms with van der Waals surface area (Å²) in [6.07, 6.45) is 0. The van der Waals surface area contributed by atoms with Gasteiger partial charge in [0.15, 0.2) is 0 Å². The first-order valence-corrected chi connectivity index (χ1v) is 7.05. The van der Waals surface area contributed by atoms with Gasteiger partial charge < -0.3 is 5.73 Å². The van der Waals surface area contributed by atoms with E-state index in [0.717, 1.165) is 15.6 Å². The largest absolute Gasteiger partial charge is 0.320 e. The summed E-state index contributed by atoms with van der Waals surface area (Å²) in [5.41, 5.74) is 8.61. The number of hydrogen-bond donors (Lipinski definition) is 1. The molecular weight excluding hydrogens is 361 g/mol. The molecule has 0 saturated carbocycles. The Labute approximate surface area is 122 Å². The Bertz CT molecular complexity index is 584. The lowest BCUT2D eigenvalue weighted by molar-refractivity contribution is 0.593. The fraction of sp³-hybridized carbons (Fsp3) is 0.143. The average Bonchev–Trinajstić information content (AvgIpc) is 2.35. The van der Waals surface area contributed by atoms with Crippen LogP contribution in [0.3, 0.4) is 0 Å². The molecule has 0 aliphatic carbocycles. The molecule has 0 aliphatic heterocycles. The van der Waals surface area contributed by atoms with Gasteiger partial charge in [0.1, 0.15) is 5.82 Å². The fourth-order valence-electron chi connectivity index (χ4n) is 1.74. The molecule has 0 heterocycles. The van der Waals surface area contributed by atoms with Gasteiger partial charge in [0.2, 0.25) is 0 Å². The highest BCUT2D eigenvalue weighted by molar-refractivity contribution is 9.10. The summed E-state index contributed by atoms with van der Waals surface area (Å²) in [7, 11) is 0. The molecule has 0 radical (unpaired) electrons. The maximum atomic E-state index is 14.0. The molecular formula is C14H12Br2FN. The van der Waals surface area contributed by atoms with Gasteiger partial charge in [-0.2, -0.15) is 0 Å². The van der Waals surface area contributed by atoms with Crippen molar-refractivity contribution in [2.45, 2.75) is 13.0 Å². The zero-order valence-corrected chi connectivity index (χ0v) is 12.9. The number of halogens is 3. The van der Waals surface area contributed by atoms with E-state index in [2.05, 4.69) is 31.9 Å². The third-order valence-electron chi connectivity index (χ3n) is 2.87. The van der Waals surface area contributed by atoms with Crippen LogP contribution in [0.25, 0.3) is 0 Å². The van der Waals surface area contributed by atoms with Crippen molar-refractivity contribution in [3.8, 4) is 0 Å². The molecule has 0 aliphatic rings. The van der Waals surface area contributed by atoms with Gasteiger partial charge in [0.25, 0.3) is 0 Å². The molecule has 0 spiro atoms. The first kappa shape index (κ1) is 13.7. The van der Waals surface area contributed by atoms with Crippen LogP contribution >= 0.6 is 31.9 Å². The molecule has 0 saturated heterocycles. The Hall–Kier alpha value is -0.710. The van der Waals surface area contributed by atoms with Crippen molar-refractivity contribution in [2.24, 2.45) is 5.73 Å². The minimum absolute atomic E-state index is 0.304. The number of hydrogen-bond acceptors (Lipinski definition) is 1. The Morgan fingerprint density at radius 1 is 1.11 bits per heavy atom. The molecule has 1 atom stereocenters. The van der Waals surface area contributed by atoms with Gasteiger partial charge in [-0.05, 0) is 46.1 Å². The molecule has 0 bridgehead atoms. The molecule has 2 N–H and O–H groups in total. The van der Waals surface area contributed by atoms with Gasteiger partial charge in [0, 0.05) is 10.0 Å². The van der Waals surface area contributed by atoms with Crippen molar-refractivity contribution >= 4 is 31.9 Å². The lowest BCUT2D eigenvalue weighted by atomic mass is 9.98. The Kier molecular flexibility index (Phi) is 4.20. The highest BCUT2D eigenvalue weighted by atomic mass is 79.9. The SMILES string of the molecule is Cc1ccc(C(N)c2cccc(Br)c2F)cc1Br. The van der Waals surface area contributed by atoms with E-state index in [-0.39, 0.29) is 5.82 Å². The van der Waals surface area contributed by atoms with Crippen LogP contribution < -0.4 is 5.73 Å². The second-order valence-electron chi connectivity index (χ2n) is 4.13. The molecule has 1 unspecified atom stereocenters. The summed E-state index contributed by atoms with van der Waals surface area (Å²) in [6.45, 7) is 2.00. The molecule has 0 aromatic heterocycles. The van der Waals surface area contributed by atoms with E-state index in [4.69, 9.17) is 5.73 Å². The third-order valence-corrected chi connectivity index (χ3v) is 4.34. The lowest BCUT2D eigenvalue weighted by Gasteiger charge is -2.15. The minimum atomic E-state index is -0.473. The van der Waals surface area contributed by atoms with Crippen LogP contribution in [-0.4, -0.2) is 0 Å². The highest BCUT2D eigenvalue weighted by Gasteiger charge is 2.15. The molecule has 1 nitrogen and oxygen atoms in total. The van der Waals surface area contributed by atoms with E-state index < -0.39 is 6.04 Å². The zero-order chi connectivity index (χ0) is 13.3. The normalized spacial score (nSPS) is 12.5. The summed E-state index contributed by atoms with van der Waals surface area (Å²) in [6, 6.07) is 10.5. The third kappa shape index (κ3) is 2.66. The highest BCUT2D eigenvalue weighted by Crippen LogP contribution is 2.28. The number of aryl methyl sites for hydroxylation is 1. The smallest absolute Gasteiger partial charge is 0.142 e. The Morgan fingerprint density at radius 3 is 2.50 bits per heavy atom. The van der Waals surface area contributed by atoms with Crippen LogP contribution in [0.2, 0.25) is 0 Å². The van der Waals surface area contributed by atoms with Gasteiger partial charge in [-0.25, -0.2) is 4.39 Å². The average molecular weight is 373 g/mol. The number of nitrogens with two attached hydrogens (primary N) is 1. The van der Waals surface area contributed by atoms with Crippen LogP contribution in [0, 0.1) is 12.7 Å². The molecule has 4 heteroatoms. The molecule has 94 valence electrons. The lowest BCUT2D eigenvalue weighted by Crippen LogP contribution is -2.14. The van der Waals surface area contributed by atoms with Crippen molar-refractivity contribution in [3.63, 3.8) is 0 Å². The molecule has 18 heavy (non-hydrogen) atoms. The maximum Gasteiger partial charge on any atom is 0.142 e. The van der Waals surface area contributed by atoms with Crippen LogP contribution in [-0.2, 0) is 0 Å². The van der Waals surface area contributed by atoms with E-state index >= 15 is 0 Å². The van der Waals surface area contributed by atoms with Gasteiger partial charge in [-0.15, -0.1) is 0 Å². The van der Waals surface area contributed by atoms with Crippen LogP contribution in [0.4, 0.5) is 4.39 Å². The Morgan fingerprint density at radius 2 is 1.83 bits per heavy atom. The predicted molar refractivity (Wildman–Crippen MR) is 79.0 cm³/mol. The first-order valence-electron chi connectivity index (χ1n) is 5.46. The van der Waals surface area contributed by atoms with Gasteiger partial charge in [0.05, 0.1) is 10.5 Å². The van der Waals surface area contributed by atoms with E-state index in [0.29, 0.717) is 10.0 Å². The standard InChI is InChI=1S/C14H12Br2FN/c1-8-5-6-9(7-12(8)16)14(18)10-3-2-4-11(15)13(10)17/h2-7,14H,18H2,1H3. The van der Waals surface area contributed by atoms with E-state index in [9.17, 15) is 4.39 Å². The van der Waals surface area contributed by atoms with Crippen molar-refractivity contribution in [1.29, 1.82) is 0 Å². The molecule has 2 aromatic carbocycles. The predicted octanol–water partition coefficient (Wildman–Crippen LogP) is 4.71. The van der Waals surface area contributed by atoms with E-state index in [1.165, 1.54) is 0 Å². The van der Waals surface area contributed by atoms with Gasteiger partial charge in [-0.3, -0.25) is 0 Å². The minimum Gasteiger partial charge on any atom is -0.320 e. The van der Waals surface area contributed by atoms with Crippen molar-refractivity contribution in [3.05, 3.63) is 67.9 Å². The van der Waals surface area contributed by atoms with Crippen molar-refractivity contribution in [1.82, 2.24) is 0 Å². The van der Waals surface area contributed by atoms with E-state index in [1.54, 1.807) is 18.2 Å². The maximum absolute atomic E-state index is 14.0. The summed E-state index contributed by atoms with van der Waals surface area (Å²) in [4.78, 5) is 0. The fourth-order valence-corrected chi connectivity index (χ4v) is 2.52. The second kappa shape index (κ2) is 5.51. The van der Waals surface area contributed by atoms with Gasteiger partial charge >= 0.3 is 0 Å². The van der Waals surface area contributed by atoms with Crippen LogP contribution in [0.15, 0.2) is 45.3 Å². The first-order chi connectivity index (χ1) is 8.50. The summed E-state index contributed by atoms with van der Waals surface area (Å²) >= 11 is 6.63. The van der Waals surface area contributed by atoms with Crippen molar-refractivity contribution < 1.29 is 4.39 Å². The summed E-state index contributed by atoms with van der Waals surface area (Å²) in [5, 5.41) is 0. The number of rotatable bonds is 2. The van der Waals surface area contributed by atoms with E-state index in [1.807, 2.05) is 25.1 Å².